The zero-order valence-corrected chi connectivity index (χ0v) is 17.3. The molecule has 1 aliphatic heterocycles. The Bertz CT molecular complexity index is 1170. The van der Waals surface area contributed by atoms with E-state index in [2.05, 4.69) is 15.3 Å². The van der Waals surface area contributed by atoms with Gasteiger partial charge in [0.05, 0.1) is 17.3 Å². The van der Waals surface area contributed by atoms with Gasteiger partial charge in [-0.25, -0.2) is 23.1 Å². The molecule has 1 saturated carbocycles. The molecule has 1 aliphatic carbocycles. The molecule has 0 radical (unpaired) electrons. The van der Waals surface area contributed by atoms with E-state index in [9.17, 15) is 23.4 Å². The average Bonchev–Trinajstić information content (AvgIpc) is 3.33. The number of alkyl halides is 2. The molecule has 5 rings (SSSR count). The van der Waals surface area contributed by atoms with Crippen molar-refractivity contribution in [3.05, 3.63) is 52.9 Å². The van der Waals surface area contributed by atoms with E-state index < -0.39 is 42.2 Å². The summed E-state index contributed by atoms with van der Waals surface area (Å²) in [5.74, 6) is -0.793. The van der Waals surface area contributed by atoms with Gasteiger partial charge >= 0.3 is 0 Å². The number of benzene rings is 1. The van der Waals surface area contributed by atoms with Crippen LogP contribution in [0.2, 0.25) is 0 Å². The number of aliphatic hydroxyl groups excluding tert-OH is 2. The van der Waals surface area contributed by atoms with E-state index in [1.165, 1.54) is 6.33 Å². The molecule has 10 heteroatoms. The Balaban J connectivity index is 1.48. The largest absolute Gasteiger partial charge is 0.487 e. The van der Waals surface area contributed by atoms with Crippen LogP contribution in [0.15, 0.2) is 24.7 Å². The van der Waals surface area contributed by atoms with Crippen LogP contribution in [0.4, 0.5) is 13.2 Å². The van der Waals surface area contributed by atoms with Gasteiger partial charge in [0.2, 0.25) is 0 Å². The third-order valence-electron chi connectivity index (χ3n) is 6.50. The maximum Gasteiger partial charge on any atom is 0.266 e. The molecule has 4 atom stereocenters. The van der Waals surface area contributed by atoms with Crippen LogP contribution >= 0.6 is 0 Å². The van der Waals surface area contributed by atoms with Crippen LogP contribution in [0.3, 0.4) is 0 Å². The fraction of sp³-hybridized carbons (Fsp3) is 0.455. The Hall–Kier alpha value is -2.69. The Morgan fingerprint density at radius 3 is 2.81 bits per heavy atom. The summed E-state index contributed by atoms with van der Waals surface area (Å²) in [5, 5.41) is 25.4. The second kappa shape index (κ2) is 8.02. The number of ether oxygens (including phenoxy) is 1. The second-order valence-electron chi connectivity index (χ2n) is 8.32. The van der Waals surface area contributed by atoms with Crippen LogP contribution in [-0.4, -0.2) is 49.6 Å². The monoisotopic (exact) mass is 448 g/mol. The SMILES string of the molecule is Cc1ncnc2c1ccn2[C@@H]1C[C@H](Oc2cc(C(F)F)c(F)c3c2CNCC3)[C@@H](O)[C@H]1O. The number of hydrogen-bond acceptors (Lipinski definition) is 6. The number of halogens is 3. The molecule has 2 aliphatic rings. The lowest BCUT2D eigenvalue weighted by atomic mass is 9.96. The molecule has 0 saturated heterocycles. The number of nitrogens with zero attached hydrogens (tertiary/aromatic N) is 3. The third kappa shape index (κ3) is 3.33. The number of fused-ring (bicyclic) bond motifs is 2. The van der Waals surface area contributed by atoms with Crippen molar-refractivity contribution in [2.24, 2.45) is 0 Å². The van der Waals surface area contributed by atoms with Gasteiger partial charge in [0.1, 0.15) is 41.9 Å². The van der Waals surface area contributed by atoms with Crippen molar-refractivity contribution in [1.29, 1.82) is 0 Å². The Morgan fingerprint density at radius 2 is 2.03 bits per heavy atom. The number of nitrogens with one attached hydrogen (secondary N) is 1. The van der Waals surface area contributed by atoms with Gasteiger partial charge in [0.25, 0.3) is 6.43 Å². The summed E-state index contributed by atoms with van der Waals surface area (Å²) in [4.78, 5) is 8.46. The van der Waals surface area contributed by atoms with Crippen LogP contribution in [0, 0.1) is 12.7 Å². The summed E-state index contributed by atoms with van der Waals surface area (Å²) in [6.07, 6.45) is -2.57. The first-order chi connectivity index (χ1) is 15.4. The van der Waals surface area contributed by atoms with Gasteiger partial charge in [0, 0.05) is 30.1 Å². The zero-order chi connectivity index (χ0) is 22.6. The molecule has 170 valence electrons. The van der Waals surface area contributed by atoms with E-state index >= 15 is 0 Å². The minimum atomic E-state index is -2.99. The summed E-state index contributed by atoms with van der Waals surface area (Å²) >= 11 is 0. The maximum atomic E-state index is 14.6. The smallest absolute Gasteiger partial charge is 0.266 e. The Kier molecular flexibility index (Phi) is 5.31. The molecule has 1 aromatic carbocycles. The van der Waals surface area contributed by atoms with Crippen LogP contribution in [0.25, 0.3) is 11.0 Å². The summed E-state index contributed by atoms with van der Waals surface area (Å²) in [6, 6.07) is 2.32. The standard InChI is InChI=1S/C22H23F3N4O3/c1-10-11-3-5-29(22(11)28-9-27-10)15-7-17(20(31)19(15)30)32-16-6-13(21(24)25)18(23)12-2-4-26-8-14(12)16/h3,5-6,9,15,17,19-21,26,30-31H,2,4,7-8H2,1H3/t15-,17+,19+,20-/m1/s1. The predicted molar refractivity (Wildman–Crippen MR) is 109 cm³/mol. The summed E-state index contributed by atoms with van der Waals surface area (Å²) in [6.45, 7) is 2.61. The molecule has 2 aromatic heterocycles. The third-order valence-corrected chi connectivity index (χ3v) is 6.50. The first kappa shape index (κ1) is 21.2. The molecule has 3 aromatic rings. The lowest BCUT2D eigenvalue weighted by Gasteiger charge is -2.26. The predicted octanol–water partition coefficient (Wildman–Crippen LogP) is 2.58. The highest BCUT2D eigenvalue weighted by molar-refractivity contribution is 5.78. The van der Waals surface area contributed by atoms with Gasteiger partial charge in [-0.3, -0.25) is 0 Å². The van der Waals surface area contributed by atoms with E-state index in [0.717, 1.165) is 17.1 Å². The maximum absolute atomic E-state index is 14.6. The molecule has 0 amide bonds. The zero-order valence-electron chi connectivity index (χ0n) is 17.3. The highest BCUT2D eigenvalue weighted by Crippen LogP contribution is 2.39. The number of aryl methyl sites for hydroxylation is 1. The molecule has 7 nitrogen and oxygen atoms in total. The van der Waals surface area contributed by atoms with E-state index in [-0.39, 0.29) is 30.7 Å². The fourth-order valence-electron chi connectivity index (χ4n) is 4.78. The highest BCUT2D eigenvalue weighted by Gasteiger charge is 2.45. The lowest BCUT2D eigenvalue weighted by Crippen LogP contribution is -2.35. The van der Waals surface area contributed by atoms with Gasteiger partial charge in [-0.05, 0) is 37.6 Å². The number of hydrogen-bond donors (Lipinski definition) is 3. The van der Waals surface area contributed by atoms with Crippen molar-refractivity contribution >= 4 is 11.0 Å². The lowest BCUT2D eigenvalue weighted by molar-refractivity contribution is -0.0167. The normalized spacial score (nSPS) is 25.5. The summed E-state index contributed by atoms with van der Waals surface area (Å²) in [7, 11) is 0. The van der Waals surface area contributed by atoms with E-state index in [0.29, 0.717) is 17.8 Å². The van der Waals surface area contributed by atoms with Crippen molar-refractivity contribution in [2.75, 3.05) is 6.54 Å². The molecule has 32 heavy (non-hydrogen) atoms. The van der Waals surface area contributed by atoms with Crippen LogP contribution in [0.5, 0.6) is 5.75 Å². The Labute approximate surface area is 181 Å². The molecule has 3 N–H and O–H groups in total. The van der Waals surface area contributed by atoms with Gasteiger partial charge in [-0.1, -0.05) is 0 Å². The number of rotatable bonds is 4. The van der Waals surface area contributed by atoms with Crippen LogP contribution in [0.1, 0.15) is 41.3 Å². The summed E-state index contributed by atoms with van der Waals surface area (Å²) < 4.78 is 49.2. The van der Waals surface area contributed by atoms with Gasteiger partial charge in [-0.15, -0.1) is 0 Å². The van der Waals surface area contributed by atoms with E-state index in [1.807, 2.05) is 13.0 Å². The highest BCUT2D eigenvalue weighted by atomic mass is 19.3. The Morgan fingerprint density at radius 1 is 1.22 bits per heavy atom. The molecule has 1 fully saturated rings. The van der Waals surface area contributed by atoms with E-state index in [4.69, 9.17) is 4.74 Å². The first-order valence-electron chi connectivity index (χ1n) is 10.5. The molecule has 0 spiro atoms. The number of aromatic nitrogens is 3. The van der Waals surface area contributed by atoms with Crippen molar-refractivity contribution in [1.82, 2.24) is 19.9 Å². The second-order valence-corrected chi connectivity index (χ2v) is 8.32. The van der Waals surface area contributed by atoms with Crippen LogP contribution < -0.4 is 10.1 Å². The topological polar surface area (TPSA) is 92.4 Å². The minimum absolute atomic E-state index is 0.108. The minimum Gasteiger partial charge on any atom is -0.487 e. The number of aliphatic hydroxyl groups is 2. The van der Waals surface area contributed by atoms with Crippen molar-refractivity contribution in [3.8, 4) is 5.75 Å². The first-order valence-corrected chi connectivity index (χ1v) is 10.5. The van der Waals surface area contributed by atoms with E-state index in [1.54, 1.807) is 10.8 Å². The van der Waals surface area contributed by atoms with Crippen LogP contribution in [-0.2, 0) is 13.0 Å². The van der Waals surface area contributed by atoms with Gasteiger partial charge in [-0.2, -0.15) is 0 Å². The average molecular weight is 448 g/mol. The quantitative estimate of drug-likeness (QED) is 0.568. The van der Waals surface area contributed by atoms with Gasteiger partial charge in [0.15, 0.2) is 0 Å². The molecular weight excluding hydrogens is 425 g/mol. The molecular formula is C22H23F3N4O3. The van der Waals surface area contributed by atoms with Gasteiger partial charge < -0.3 is 24.8 Å². The molecule has 0 bridgehead atoms. The summed E-state index contributed by atoms with van der Waals surface area (Å²) in [5.41, 5.74) is 1.38. The fourth-order valence-corrected chi connectivity index (χ4v) is 4.78. The van der Waals surface area contributed by atoms with Crippen molar-refractivity contribution in [2.45, 2.75) is 57.1 Å². The molecule has 3 heterocycles. The molecule has 0 unspecified atom stereocenters. The van der Waals surface area contributed by atoms with Crippen molar-refractivity contribution in [3.63, 3.8) is 0 Å². The van der Waals surface area contributed by atoms with Crippen molar-refractivity contribution < 1.29 is 28.1 Å².